The van der Waals surface area contributed by atoms with Crippen molar-refractivity contribution in [3.8, 4) is 11.5 Å². The number of hydrogen-bond donors (Lipinski definition) is 1. The summed E-state index contributed by atoms with van der Waals surface area (Å²) in [6, 6.07) is 16.2. The van der Waals surface area contributed by atoms with Gasteiger partial charge in [-0.1, -0.05) is 62.2 Å². The molecule has 0 radical (unpaired) electrons. The molecule has 0 fully saturated rings. The summed E-state index contributed by atoms with van der Waals surface area (Å²) >= 11 is 0. The molecule has 0 spiro atoms. The quantitative estimate of drug-likeness (QED) is 0.653. The first-order valence-corrected chi connectivity index (χ1v) is 8.38. The highest BCUT2D eigenvalue weighted by molar-refractivity contribution is 5.46. The maximum atomic E-state index is 6.06. The third kappa shape index (κ3) is 5.61. The molecule has 0 aromatic heterocycles. The Bertz CT molecular complexity index is 569. The Balaban J connectivity index is 2.00. The average Bonchev–Trinajstić information content (AvgIpc) is 2.61. The van der Waals surface area contributed by atoms with Crippen LogP contribution in [0.4, 0.5) is 0 Å². The van der Waals surface area contributed by atoms with Gasteiger partial charge in [0.25, 0.3) is 0 Å². The largest absolute Gasteiger partial charge is 0.493 e. The third-order valence-corrected chi connectivity index (χ3v) is 3.78. The van der Waals surface area contributed by atoms with Crippen LogP contribution in [-0.2, 0) is 13.2 Å². The van der Waals surface area contributed by atoms with Gasteiger partial charge in [-0.15, -0.1) is 0 Å². The predicted molar refractivity (Wildman–Crippen MR) is 95.0 cm³/mol. The van der Waals surface area contributed by atoms with E-state index in [2.05, 4.69) is 30.4 Å². The molecule has 2 rings (SSSR count). The monoisotopic (exact) mass is 313 g/mol. The number of unbranched alkanes of at least 4 members (excludes halogenated alkanes) is 2. The topological polar surface area (TPSA) is 30.5 Å². The predicted octanol–water partition coefficient (Wildman–Crippen LogP) is 4.55. The molecule has 2 aromatic carbocycles. The molecule has 0 saturated carbocycles. The van der Waals surface area contributed by atoms with Gasteiger partial charge in [0.1, 0.15) is 6.61 Å². The summed E-state index contributed by atoms with van der Waals surface area (Å²) in [7, 11) is 1.68. The van der Waals surface area contributed by atoms with Crippen LogP contribution in [0.1, 0.15) is 37.3 Å². The van der Waals surface area contributed by atoms with Crippen molar-refractivity contribution in [2.45, 2.75) is 39.3 Å². The molecule has 0 aliphatic heterocycles. The molecule has 0 aliphatic carbocycles. The van der Waals surface area contributed by atoms with Crippen LogP contribution in [0.5, 0.6) is 11.5 Å². The van der Waals surface area contributed by atoms with Crippen LogP contribution < -0.4 is 14.8 Å². The van der Waals surface area contributed by atoms with Crippen molar-refractivity contribution in [2.24, 2.45) is 0 Å². The SMILES string of the molecule is CCCCCNCc1cccc(OC)c1OCc1ccccc1. The van der Waals surface area contributed by atoms with Crippen molar-refractivity contribution in [1.82, 2.24) is 5.32 Å². The van der Waals surface area contributed by atoms with Crippen molar-refractivity contribution in [3.63, 3.8) is 0 Å². The Morgan fingerprint density at radius 2 is 1.78 bits per heavy atom. The first-order valence-electron chi connectivity index (χ1n) is 8.38. The molecule has 23 heavy (non-hydrogen) atoms. The van der Waals surface area contributed by atoms with Crippen LogP contribution >= 0.6 is 0 Å². The Labute approximate surface area is 139 Å². The fourth-order valence-electron chi connectivity index (χ4n) is 2.48. The molecule has 3 nitrogen and oxygen atoms in total. The van der Waals surface area contributed by atoms with E-state index in [1.54, 1.807) is 7.11 Å². The van der Waals surface area contributed by atoms with Crippen molar-refractivity contribution in [3.05, 3.63) is 59.7 Å². The Morgan fingerprint density at radius 1 is 0.957 bits per heavy atom. The molecule has 0 atom stereocenters. The van der Waals surface area contributed by atoms with E-state index in [0.717, 1.165) is 35.7 Å². The van der Waals surface area contributed by atoms with E-state index in [-0.39, 0.29) is 0 Å². The Hall–Kier alpha value is -2.00. The molecule has 0 aliphatic rings. The summed E-state index contributed by atoms with van der Waals surface area (Å²) in [5.41, 5.74) is 2.29. The van der Waals surface area contributed by atoms with Crippen molar-refractivity contribution < 1.29 is 9.47 Å². The minimum atomic E-state index is 0.546. The van der Waals surface area contributed by atoms with Gasteiger partial charge in [0.05, 0.1) is 7.11 Å². The van der Waals surface area contributed by atoms with E-state index in [1.807, 2.05) is 30.3 Å². The second-order valence-corrected chi connectivity index (χ2v) is 5.61. The summed E-state index contributed by atoms with van der Waals surface area (Å²) < 4.78 is 11.5. The van der Waals surface area contributed by atoms with Gasteiger partial charge in [-0.3, -0.25) is 0 Å². The van der Waals surface area contributed by atoms with Crippen molar-refractivity contribution in [2.75, 3.05) is 13.7 Å². The highest BCUT2D eigenvalue weighted by Crippen LogP contribution is 2.31. The zero-order valence-electron chi connectivity index (χ0n) is 14.2. The lowest BCUT2D eigenvalue weighted by Crippen LogP contribution is -2.15. The molecular weight excluding hydrogens is 286 g/mol. The average molecular weight is 313 g/mol. The summed E-state index contributed by atoms with van der Waals surface area (Å²) in [4.78, 5) is 0. The molecule has 0 bridgehead atoms. The second kappa shape index (κ2) is 9.90. The lowest BCUT2D eigenvalue weighted by molar-refractivity contribution is 0.280. The maximum Gasteiger partial charge on any atom is 0.166 e. The van der Waals surface area contributed by atoms with Crippen LogP contribution in [0.3, 0.4) is 0 Å². The minimum absolute atomic E-state index is 0.546. The summed E-state index contributed by atoms with van der Waals surface area (Å²) in [6.07, 6.45) is 3.72. The van der Waals surface area contributed by atoms with Gasteiger partial charge in [-0.2, -0.15) is 0 Å². The summed E-state index contributed by atoms with van der Waals surface area (Å²) in [5.74, 6) is 1.62. The van der Waals surface area contributed by atoms with Gasteiger partial charge in [0, 0.05) is 12.1 Å². The van der Waals surface area contributed by atoms with Crippen LogP contribution in [0.2, 0.25) is 0 Å². The van der Waals surface area contributed by atoms with Gasteiger partial charge >= 0.3 is 0 Å². The molecule has 2 aromatic rings. The first kappa shape index (κ1) is 17.4. The molecule has 0 heterocycles. The molecule has 1 N–H and O–H groups in total. The Morgan fingerprint density at radius 3 is 2.52 bits per heavy atom. The van der Waals surface area contributed by atoms with E-state index < -0.39 is 0 Å². The minimum Gasteiger partial charge on any atom is -0.493 e. The standard InChI is InChI=1S/C20H27NO2/c1-3-4-8-14-21-15-18-12-9-13-19(22-2)20(18)23-16-17-10-6-5-7-11-17/h5-7,9-13,21H,3-4,8,14-16H2,1-2H3. The normalized spacial score (nSPS) is 10.5. The Kier molecular flexibility index (Phi) is 7.47. The smallest absolute Gasteiger partial charge is 0.166 e. The number of nitrogens with one attached hydrogen (secondary N) is 1. The van der Waals surface area contributed by atoms with Crippen LogP contribution in [0.15, 0.2) is 48.5 Å². The van der Waals surface area contributed by atoms with Gasteiger partial charge in [-0.05, 0) is 24.6 Å². The molecule has 0 unspecified atom stereocenters. The number of para-hydroxylation sites is 1. The third-order valence-electron chi connectivity index (χ3n) is 3.78. The van der Waals surface area contributed by atoms with Crippen molar-refractivity contribution in [1.29, 1.82) is 0 Å². The number of methoxy groups -OCH3 is 1. The fraction of sp³-hybridized carbons (Fsp3) is 0.400. The zero-order chi connectivity index (χ0) is 16.3. The van der Waals surface area contributed by atoms with E-state index in [0.29, 0.717) is 6.61 Å². The van der Waals surface area contributed by atoms with Crippen LogP contribution in [0.25, 0.3) is 0 Å². The van der Waals surface area contributed by atoms with E-state index in [4.69, 9.17) is 9.47 Å². The van der Waals surface area contributed by atoms with E-state index in [9.17, 15) is 0 Å². The number of hydrogen-bond acceptors (Lipinski definition) is 3. The van der Waals surface area contributed by atoms with Gasteiger partial charge in [0.2, 0.25) is 0 Å². The lowest BCUT2D eigenvalue weighted by atomic mass is 10.1. The highest BCUT2D eigenvalue weighted by atomic mass is 16.5. The second-order valence-electron chi connectivity index (χ2n) is 5.61. The van der Waals surface area contributed by atoms with Crippen LogP contribution in [0, 0.1) is 0 Å². The highest BCUT2D eigenvalue weighted by Gasteiger charge is 2.10. The molecule has 3 heteroatoms. The fourth-order valence-corrected chi connectivity index (χ4v) is 2.48. The lowest BCUT2D eigenvalue weighted by Gasteiger charge is -2.15. The number of ether oxygens (including phenoxy) is 2. The number of rotatable bonds is 10. The number of benzene rings is 2. The van der Waals surface area contributed by atoms with Gasteiger partial charge in [0.15, 0.2) is 11.5 Å². The van der Waals surface area contributed by atoms with E-state index >= 15 is 0 Å². The molecule has 0 saturated heterocycles. The molecular formula is C20H27NO2. The summed E-state index contributed by atoms with van der Waals surface area (Å²) in [5, 5.41) is 3.49. The molecule has 124 valence electrons. The van der Waals surface area contributed by atoms with Crippen LogP contribution in [-0.4, -0.2) is 13.7 Å². The summed E-state index contributed by atoms with van der Waals surface area (Å²) in [6.45, 7) is 4.59. The van der Waals surface area contributed by atoms with E-state index in [1.165, 1.54) is 19.3 Å². The van der Waals surface area contributed by atoms with Gasteiger partial charge in [-0.25, -0.2) is 0 Å². The first-order chi connectivity index (χ1) is 11.3. The molecule has 0 amide bonds. The van der Waals surface area contributed by atoms with Gasteiger partial charge < -0.3 is 14.8 Å². The van der Waals surface area contributed by atoms with Crippen molar-refractivity contribution >= 4 is 0 Å². The zero-order valence-corrected chi connectivity index (χ0v) is 14.2. The maximum absolute atomic E-state index is 6.06.